The first kappa shape index (κ1) is 28.8. The topological polar surface area (TPSA) is 37.3 Å². The van der Waals surface area contributed by atoms with Crippen LogP contribution in [-0.4, -0.2) is 22.6 Å². The average molecular weight is 429 g/mol. The highest BCUT2D eigenvalue weighted by Crippen LogP contribution is 2.19. The first-order chi connectivity index (χ1) is 14.2. The third kappa shape index (κ3) is 22.3. The summed E-state index contributed by atoms with van der Waals surface area (Å²) in [6.07, 6.45) is 25.9. The number of hydrogen-bond acceptors (Lipinski definition) is 2. The van der Waals surface area contributed by atoms with Crippen molar-refractivity contribution >= 4 is 17.7 Å². The number of rotatable bonds is 24. The molecule has 0 amide bonds. The van der Waals surface area contributed by atoms with Gasteiger partial charge in [0.15, 0.2) is 0 Å². The van der Waals surface area contributed by atoms with E-state index in [1.54, 1.807) is 0 Å². The SMILES string of the molecule is CCCCCCCCCCCCCCCC(CCSCCCCCCC)C(=O)O. The second-order valence-corrected chi connectivity index (χ2v) is 10.1. The molecule has 0 saturated heterocycles. The van der Waals surface area contributed by atoms with Crippen molar-refractivity contribution in [1.29, 1.82) is 0 Å². The normalized spacial score (nSPS) is 12.3. The van der Waals surface area contributed by atoms with Crippen LogP contribution in [0, 0.1) is 5.92 Å². The maximum absolute atomic E-state index is 11.5. The Morgan fingerprint density at radius 1 is 0.586 bits per heavy atom. The van der Waals surface area contributed by atoms with Crippen LogP contribution in [0.4, 0.5) is 0 Å². The van der Waals surface area contributed by atoms with Gasteiger partial charge in [-0.3, -0.25) is 4.79 Å². The van der Waals surface area contributed by atoms with Gasteiger partial charge in [-0.2, -0.15) is 11.8 Å². The summed E-state index contributed by atoms with van der Waals surface area (Å²) >= 11 is 1.96. The zero-order chi connectivity index (χ0) is 21.4. The molecule has 0 aromatic rings. The van der Waals surface area contributed by atoms with E-state index in [0.29, 0.717) is 0 Å². The minimum absolute atomic E-state index is 0.115. The fourth-order valence-corrected chi connectivity index (χ4v) is 5.00. The van der Waals surface area contributed by atoms with Gasteiger partial charge >= 0.3 is 5.97 Å². The molecule has 1 N–H and O–H groups in total. The van der Waals surface area contributed by atoms with E-state index in [-0.39, 0.29) is 5.92 Å². The maximum Gasteiger partial charge on any atom is 0.306 e. The zero-order valence-electron chi connectivity index (χ0n) is 19.9. The highest BCUT2D eigenvalue weighted by Gasteiger charge is 2.16. The molecule has 1 unspecified atom stereocenters. The van der Waals surface area contributed by atoms with Crippen LogP contribution < -0.4 is 0 Å². The van der Waals surface area contributed by atoms with Crippen molar-refractivity contribution in [2.75, 3.05) is 11.5 Å². The van der Waals surface area contributed by atoms with Gasteiger partial charge in [-0.25, -0.2) is 0 Å². The first-order valence-corrected chi connectivity index (χ1v) is 14.2. The zero-order valence-corrected chi connectivity index (χ0v) is 20.7. The number of carboxylic acids is 1. The third-order valence-electron chi connectivity index (χ3n) is 6.01. The Balaban J connectivity index is 3.42. The summed E-state index contributed by atoms with van der Waals surface area (Å²) in [5.74, 6) is 1.53. The lowest BCUT2D eigenvalue weighted by Gasteiger charge is -2.12. The van der Waals surface area contributed by atoms with Crippen molar-refractivity contribution in [3.63, 3.8) is 0 Å². The second kappa shape index (κ2) is 24.1. The van der Waals surface area contributed by atoms with Crippen LogP contribution in [-0.2, 0) is 4.79 Å². The Hall–Kier alpha value is -0.180. The van der Waals surface area contributed by atoms with Gasteiger partial charge < -0.3 is 5.11 Å². The fraction of sp³-hybridized carbons (Fsp3) is 0.962. The molecule has 0 aromatic heterocycles. The second-order valence-electron chi connectivity index (χ2n) is 8.88. The van der Waals surface area contributed by atoms with Gasteiger partial charge in [0, 0.05) is 0 Å². The summed E-state index contributed by atoms with van der Waals surface area (Å²) < 4.78 is 0. The number of unbranched alkanes of at least 4 members (excludes halogenated alkanes) is 16. The fourth-order valence-electron chi connectivity index (χ4n) is 3.94. The van der Waals surface area contributed by atoms with Crippen LogP contribution in [0.2, 0.25) is 0 Å². The van der Waals surface area contributed by atoms with Crippen molar-refractivity contribution in [1.82, 2.24) is 0 Å². The van der Waals surface area contributed by atoms with Gasteiger partial charge in [0.1, 0.15) is 0 Å². The van der Waals surface area contributed by atoms with Gasteiger partial charge in [0.25, 0.3) is 0 Å². The van der Waals surface area contributed by atoms with Crippen molar-refractivity contribution in [3.8, 4) is 0 Å². The summed E-state index contributed by atoms with van der Waals surface area (Å²) in [6, 6.07) is 0. The number of hydrogen-bond donors (Lipinski definition) is 1. The van der Waals surface area contributed by atoms with Crippen LogP contribution in [0.15, 0.2) is 0 Å². The Morgan fingerprint density at radius 2 is 1.00 bits per heavy atom. The molecule has 0 aliphatic rings. The minimum atomic E-state index is -0.576. The van der Waals surface area contributed by atoms with Gasteiger partial charge in [0.05, 0.1) is 5.92 Å². The molecule has 1 atom stereocenters. The molecule has 2 nitrogen and oxygen atoms in total. The molecule has 0 spiro atoms. The van der Waals surface area contributed by atoms with E-state index in [4.69, 9.17) is 0 Å². The molecule has 0 bridgehead atoms. The van der Waals surface area contributed by atoms with E-state index in [1.165, 1.54) is 115 Å². The summed E-state index contributed by atoms with van der Waals surface area (Å²) in [4.78, 5) is 11.5. The molecule has 0 radical (unpaired) electrons. The molecular weight excluding hydrogens is 376 g/mol. The Morgan fingerprint density at radius 3 is 1.45 bits per heavy atom. The predicted molar refractivity (Wildman–Crippen MR) is 132 cm³/mol. The predicted octanol–water partition coefficient (Wildman–Crippen LogP) is 9.26. The van der Waals surface area contributed by atoms with Crippen LogP contribution >= 0.6 is 11.8 Å². The van der Waals surface area contributed by atoms with E-state index in [1.807, 2.05) is 11.8 Å². The molecule has 0 fully saturated rings. The molecule has 174 valence electrons. The van der Waals surface area contributed by atoms with E-state index in [0.717, 1.165) is 25.0 Å². The Labute approximate surface area is 187 Å². The average Bonchev–Trinajstić information content (AvgIpc) is 2.71. The molecular formula is C26H52O2S. The molecule has 0 aliphatic heterocycles. The van der Waals surface area contributed by atoms with Gasteiger partial charge in [0.2, 0.25) is 0 Å². The summed E-state index contributed by atoms with van der Waals surface area (Å²) in [6.45, 7) is 4.52. The minimum Gasteiger partial charge on any atom is -0.481 e. The molecule has 0 aromatic carbocycles. The lowest BCUT2D eigenvalue weighted by molar-refractivity contribution is -0.142. The molecule has 3 heteroatoms. The lowest BCUT2D eigenvalue weighted by Crippen LogP contribution is -2.14. The summed E-state index contributed by atoms with van der Waals surface area (Å²) in [7, 11) is 0. The smallest absolute Gasteiger partial charge is 0.306 e. The summed E-state index contributed by atoms with van der Waals surface area (Å²) in [5, 5.41) is 9.46. The molecule has 0 rings (SSSR count). The molecule has 0 saturated carbocycles. The number of carbonyl (C=O) groups is 1. The van der Waals surface area contributed by atoms with E-state index >= 15 is 0 Å². The van der Waals surface area contributed by atoms with Crippen molar-refractivity contribution in [2.24, 2.45) is 5.92 Å². The number of aliphatic carboxylic acids is 1. The third-order valence-corrected chi connectivity index (χ3v) is 7.11. The Bertz CT molecular complexity index is 333. The van der Waals surface area contributed by atoms with Crippen LogP contribution in [0.5, 0.6) is 0 Å². The van der Waals surface area contributed by atoms with Crippen LogP contribution in [0.3, 0.4) is 0 Å². The largest absolute Gasteiger partial charge is 0.481 e. The first-order valence-electron chi connectivity index (χ1n) is 13.0. The highest BCUT2D eigenvalue weighted by molar-refractivity contribution is 7.99. The molecule has 0 heterocycles. The maximum atomic E-state index is 11.5. The van der Waals surface area contributed by atoms with Crippen LogP contribution in [0.1, 0.15) is 142 Å². The van der Waals surface area contributed by atoms with E-state index in [9.17, 15) is 9.90 Å². The number of thioether (sulfide) groups is 1. The van der Waals surface area contributed by atoms with Gasteiger partial charge in [-0.1, -0.05) is 123 Å². The van der Waals surface area contributed by atoms with Crippen molar-refractivity contribution < 1.29 is 9.90 Å². The monoisotopic (exact) mass is 428 g/mol. The number of carboxylic acid groups (broad SMARTS) is 1. The molecule has 29 heavy (non-hydrogen) atoms. The molecule has 0 aliphatic carbocycles. The lowest BCUT2D eigenvalue weighted by atomic mass is 9.98. The highest BCUT2D eigenvalue weighted by atomic mass is 32.2. The quantitative estimate of drug-likeness (QED) is 0.156. The van der Waals surface area contributed by atoms with E-state index < -0.39 is 5.97 Å². The van der Waals surface area contributed by atoms with E-state index in [2.05, 4.69) is 13.8 Å². The summed E-state index contributed by atoms with van der Waals surface area (Å²) in [5.41, 5.74) is 0. The van der Waals surface area contributed by atoms with Gasteiger partial charge in [-0.05, 0) is 30.8 Å². The van der Waals surface area contributed by atoms with Gasteiger partial charge in [-0.15, -0.1) is 0 Å². The van der Waals surface area contributed by atoms with Crippen molar-refractivity contribution in [3.05, 3.63) is 0 Å². The Kier molecular flexibility index (Phi) is 23.9. The standard InChI is InChI=1S/C26H52O2S/c1-3-5-7-9-10-11-12-13-14-15-16-17-19-21-25(26(27)28)22-24-29-23-20-18-8-6-4-2/h25H,3-24H2,1-2H3,(H,27,28). The van der Waals surface area contributed by atoms with Crippen LogP contribution in [0.25, 0.3) is 0 Å². The van der Waals surface area contributed by atoms with Crippen molar-refractivity contribution in [2.45, 2.75) is 142 Å².